The van der Waals surface area contributed by atoms with E-state index in [0.717, 1.165) is 12.3 Å². The van der Waals surface area contributed by atoms with Crippen molar-refractivity contribution in [2.24, 2.45) is 0 Å². The molecule has 0 aliphatic heterocycles. The number of hydrogen-bond donors (Lipinski definition) is 1. The molecule has 0 atom stereocenters. The van der Waals surface area contributed by atoms with Crippen LogP contribution in [0.3, 0.4) is 0 Å². The zero-order valence-corrected chi connectivity index (χ0v) is 12.6. The van der Waals surface area contributed by atoms with Gasteiger partial charge in [-0.3, -0.25) is 0 Å². The number of allylic oxidation sites excluding steroid dienone is 1. The van der Waals surface area contributed by atoms with Gasteiger partial charge in [-0.25, -0.2) is 17.8 Å². The average Bonchev–Trinajstić information content (AvgIpc) is 2.52. The van der Waals surface area contributed by atoms with E-state index in [4.69, 9.17) is 16.9 Å². The van der Waals surface area contributed by atoms with E-state index in [1.807, 2.05) is 0 Å². The smallest absolute Gasteiger partial charge is 0.235 e. The molecule has 0 saturated carbocycles. The van der Waals surface area contributed by atoms with Gasteiger partial charge in [-0.1, -0.05) is 17.7 Å². The molecule has 2 rings (SSSR count). The third-order valence-corrected chi connectivity index (χ3v) is 4.47. The number of anilines is 1. The molecule has 0 radical (unpaired) electrons. The lowest BCUT2D eigenvalue weighted by atomic mass is 10.3. The summed E-state index contributed by atoms with van der Waals surface area (Å²) < 4.78 is 37.5. The summed E-state index contributed by atoms with van der Waals surface area (Å²) in [6, 6.07) is 9.71. The highest BCUT2D eigenvalue weighted by Crippen LogP contribution is 2.21. The zero-order valence-electron chi connectivity index (χ0n) is 11.0. The maximum absolute atomic E-state index is 13.0. The fourth-order valence-corrected chi connectivity index (χ4v) is 2.72. The summed E-state index contributed by atoms with van der Waals surface area (Å²) >= 11 is 5.62. The highest BCUT2D eigenvalue weighted by atomic mass is 35.5. The van der Waals surface area contributed by atoms with Gasteiger partial charge in [0.05, 0.1) is 5.02 Å². The van der Waals surface area contributed by atoms with Gasteiger partial charge in [0.1, 0.15) is 11.9 Å². The highest BCUT2D eigenvalue weighted by molar-refractivity contribution is 7.95. The Kier molecular flexibility index (Phi) is 4.75. The Morgan fingerprint density at radius 2 is 2.14 bits per heavy atom. The molecule has 0 aliphatic rings. The standard InChI is InChI=1S/C14H9ClFN3O2S/c15-12-7-10(4-5-13(12)16)19-9-11(8-17)22(20,21)14-3-1-2-6-18-14/h1-7,9,19H. The molecule has 8 heteroatoms. The summed E-state index contributed by atoms with van der Waals surface area (Å²) in [6.45, 7) is 0. The molecule has 5 nitrogen and oxygen atoms in total. The summed E-state index contributed by atoms with van der Waals surface area (Å²) in [7, 11) is -4.02. The predicted molar refractivity (Wildman–Crippen MR) is 80.2 cm³/mol. The van der Waals surface area contributed by atoms with Crippen molar-refractivity contribution < 1.29 is 12.8 Å². The lowest BCUT2D eigenvalue weighted by molar-refractivity contribution is 0.599. The number of nitrogens with zero attached hydrogens (tertiary/aromatic N) is 2. The quantitative estimate of drug-likeness (QED) is 0.867. The van der Waals surface area contributed by atoms with Crippen LogP contribution in [0.15, 0.2) is 58.7 Å². The van der Waals surface area contributed by atoms with Crippen LogP contribution in [0.25, 0.3) is 0 Å². The molecule has 1 N–H and O–H groups in total. The molecule has 0 amide bonds. The molecule has 0 saturated heterocycles. The number of rotatable bonds is 4. The van der Waals surface area contributed by atoms with Gasteiger partial charge in [0.15, 0.2) is 9.93 Å². The van der Waals surface area contributed by atoms with Crippen molar-refractivity contribution in [1.82, 2.24) is 4.98 Å². The Bertz CT molecular complexity index is 861. The fourth-order valence-electron chi connectivity index (χ4n) is 1.52. The first-order valence-corrected chi connectivity index (χ1v) is 7.79. The Hall–Kier alpha value is -2.43. The van der Waals surface area contributed by atoms with E-state index < -0.39 is 20.6 Å². The van der Waals surface area contributed by atoms with Gasteiger partial charge in [-0.15, -0.1) is 0 Å². The second kappa shape index (κ2) is 6.56. The van der Waals surface area contributed by atoms with E-state index in [1.165, 1.54) is 30.5 Å². The Morgan fingerprint density at radius 1 is 1.36 bits per heavy atom. The summed E-state index contributed by atoms with van der Waals surface area (Å²) in [5.74, 6) is -0.599. The predicted octanol–water partition coefficient (Wildman–Crippen LogP) is 3.12. The molecule has 0 spiro atoms. The average molecular weight is 338 g/mol. The van der Waals surface area contributed by atoms with Crippen LogP contribution >= 0.6 is 11.6 Å². The van der Waals surface area contributed by atoms with Crippen molar-refractivity contribution in [1.29, 1.82) is 5.26 Å². The molecule has 0 bridgehead atoms. The van der Waals surface area contributed by atoms with Crippen LogP contribution in [0.4, 0.5) is 10.1 Å². The number of hydrogen-bond acceptors (Lipinski definition) is 5. The molecule has 2 aromatic rings. The maximum Gasteiger partial charge on any atom is 0.235 e. The van der Waals surface area contributed by atoms with Crippen molar-refractivity contribution >= 4 is 27.1 Å². The molecule has 0 aliphatic carbocycles. The number of nitrogens with one attached hydrogen (secondary N) is 1. The summed E-state index contributed by atoms with van der Waals surface area (Å²) in [4.78, 5) is 3.20. The lowest BCUT2D eigenvalue weighted by Gasteiger charge is -2.04. The van der Waals surface area contributed by atoms with Crippen LogP contribution in [0.1, 0.15) is 0 Å². The number of aromatic nitrogens is 1. The molecule has 1 aromatic heterocycles. The zero-order chi connectivity index (χ0) is 16.2. The van der Waals surface area contributed by atoms with Crippen molar-refractivity contribution in [2.75, 3.05) is 5.32 Å². The fraction of sp³-hybridized carbons (Fsp3) is 0. The van der Waals surface area contributed by atoms with Gasteiger partial charge in [0.25, 0.3) is 0 Å². The number of benzene rings is 1. The first-order chi connectivity index (χ1) is 10.4. The van der Waals surface area contributed by atoms with Crippen LogP contribution in [-0.2, 0) is 9.84 Å². The van der Waals surface area contributed by atoms with Crippen molar-refractivity contribution in [3.8, 4) is 6.07 Å². The minimum Gasteiger partial charge on any atom is -0.360 e. The Labute approximate surface area is 131 Å². The molecule has 1 aromatic carbocycles. The number of halogens is 2. The second-order valence-electron chi connectivity index (χ2n) is 4.07. The highest BCUT2D eigenvalue weighted by Gasteiger charge is 2.21. The maximum atomic E-state index is 13.0. The SMILES string of the molecule is N#CC(=CNc1ccc(F)c(Cl)c1)S(=O)(=O)c1ccccn1. The van der Waals surface area contributed by atoms with E-state index in [9.17, 15) is 12.8 Å². The van der Waals surface area contributed by atoms with Gasteiger partial charge >= 0.3 is 0 Å². The Balaban J connectivity index is 2.32. The molecular weight excluding hydrogens is 329 g/mol. The monoisotopic (exact) mass is 337 g/mol. The van der Waals surface area contributed by atoms with Gasteiger partial charge < -0.3 is 5.32 Å². The normalized spacial score (nSPS) is 11.8. The van der Waals surface area contributed by atoms with E-state index >= 15 is 0 Å². The molecule has 0 fully saturated rings. The second-order valence-corrected chi connectivity index (χ2v) is 6.34. The number of nitriles is 1. The van der Waals surface area contributed by atoms with E-state index in [1.54, 1.807) is 12.1 Å². The van der Waals surface area contributed by atoms with Crippen LogP contribution in [0, 0.1) is 17.1 Å². The first kappa shape index (κ1) is 15.9. The topological polar surface area (TPSA) is 82.9 Å². The van der Waals surface area contributed by atoms with Crippen LogP contribution in [0.2, 0.25) is 5.02 Å². The van der Waals surface area contributed by atoms with Gasteiger partial charge in [0.2, 0.25) is 9.84 Å². The van der Waals surface area contributed by atoms with Gasteiger partial charge in [0, 0.05) is 18.1 Å². The molecular formula is C14H9ClFN3O2S. The number of sulfone groups is 1. The van der Waals surface area contributed by atoms with Crippen LogP contribution in [0.5, 0.6) is 0 Å². The largest absolute Gasteiger partial charge is 0.360 e. The van der Waals surface area contributed by atoms with Gasteiger partial charge in [-0.05, 0) is 30.3 Å². The molecule has 1 heterocycles. The lowest BCUT2D eigenvalue weighted by Crippen LogP contribution is -2.07. The number of pyridine rings is 1. The Morgan fingerprint density at radius 3 is 2.73 bits per heavy atom. The third-order valence-electron chi connectivity index (χ3n) is 2.60. The van der Waals surface area contributed by atoms with Crippen LogP contribution < -0.4 is 5.32 Å². The van der Waals surface area contributed by atoms with E-state index in [-0.39, 0.29) is 10.0 Å². The summed E-state index contributed by atoms with van der Waals surface area (Å²) in [5.41, 5.74) is 0.343. The molecule has 0 unspecified atom stereocenters. The van der Waals surface area contributed by atoms with E-state index in [0.29, 0.717) is 5.69 Å². The van der Waals surface area contributed by atoms with Crippen molar-refractivity contribution in [2.45, 2.75) is 5.03 Å². The van der Waals surface area contributed by atoms with Crippen molar-refractivity contribution in [3.63, 3.8) is 0 Å². The molecule has 112 valence electrons. The van der Waals surface area contributed by atoms with Crippen LogP contribution in [-0.4, -0.2) is 13.4 Å². The minimum absolute atomic E-state index is 0.121. The summed E-state index contributed by atoms with van der Waals surface area (Å²) in [6.07, 6.45) is 2.32. The first-order valence-electron chi connectivity index (χ1n) is 5.93. The molecule has 22 heavy (non-hydrogen) atoms. The van der Waals surface area contributed by atoms with Gasteiger partial charge in [-0.2, -0.15) is 5.26 Å². The minimum atomic E-state index is -4.02. The third kappa shape index (κ3) is 3.42. The van der Waals surface area contributed by atoms with Crippen molar-refractivity contribution in [3.05, 3.63) is 64.5 Å². The summed E-state index contributed by atoms with van der Waals surface area (Å²) in [5, 5.41) is 11.3. The van der Waals surface area contributed by atoms with E-state index in [2.05, 4.69) is 10.3 Å².